The Morgan fingerprint density at radius 3 is 2.67 bits per heavy atom. The van der Waals surface area contributed by atoms with Gasteiger partial charge in [0.1, 0.15) is 5.60 Å². The van der Waals surface area contributed by atoms with Crippen molar-refractivity contribution in [2.45, 2.75) is 32.9 Å². The van der Waals surface area contributed by atoms with Crippen LogP contribution in [0.15, 0.2) is 36.5 Å². The van der Waals surface area contributed by atoms with E-state index in [1.165, 1.54) is 0 Å². The molecule has 0 unspecified atom stereocenters. The summed E-state index contributed by atoms with van der Waals surface area (Å²) >= 11 is 0. The Bertz CT molecular complexity index is 587. The van der Waals surface area contributed by atoms with E-state index in [9.17, 15) is 4.79 Å². The molecular weight excluding hydrogens is 268 g/mol. The molecular formula is C15H20N4O2. The summed E-state index contributed by atoms with van der Waals surface area (Å²) in [7, 11) is 0. The van der Waals surface area contributed by atoms with Gasteiger partial charge in [-0.15, -0.1) is 0 Å². The molecule has 1 heterocycles. The van der Waals surface area contributed by atoms with E-state index in [4.69, 9.17) is 4.74 Å². The summed E-state index contributed by atoms with van der Waals surface area (Å²) < 4.78 is 5.21. The van der Waals surface area contributed by atoms with Crippen LogP contribution in [0.4, 0.5) is 0 Å². The van der Waals surface area contributed by atoms with Crippen molar-refractivity contribution >= 4 is 5.97 Å². The molecule has 1 N–H and O–H groups in total. The third-order valence-corrected chi connectivity index (χ3v) is 2.52. The van der Waals surface area contributed by atoms with E-state index in [0.717, 1.165) is 11.4 Å². The molecule has 6 heteroatoms. The minimum atomic E-state index is -0.463. The number of nitrogens with zero attached hydrogens (tertiary/aromatic N) is 3. The van der Waals surface area contributed by atoms with Gasteiger partial charge in [-0.1, -0.05) is 18.2 Å². The van der Waals surface area contributed by atoms with Crippen LogP contribution in [-0.2, 0) is 16.1 Å². The van der Waals surface area contributed by atoms with E-state index in [-0.39, 0.29) is 12.5 Å². The number of rotatable bonds is 5. The molecule has 0 fully saturated rings. The van der Waals surface area contributed by atoms with Gasteiger partial charge in [-0.05, 0) is 32.9 Å². The molecule has 0 saturated carbocycles. The van der Waals surface area contributed by atoms with Gasteiger partial charge in [0.2, 0.25) is 0 Å². The molecule has 112 valence electrons. The molecule has 0 bridgehead atoms. The van der Waals surface area contributed by atoms with Crippen LogP contribution in [0.3, 0.4) is 0 Å². The topological polar surface area (TPSA) is 69.0 Å². The summed E-state index contributed by atoms with van der Waals surface area (Å²) in [5.41, 5.74) is 1.20. The molecule has 0 aliphatic heterocycles. The fourth-order valence-electron chi connectivity index (χ4n) is 1.73. The van der Waals surface area contributed by atoms with E-state index < -0.39 is 5.60 Å². The Morgan fingerprint density at radius 1 is 1.29 bits per heavy atom. The highest BCUT2D eigenvalue weighted by atomic mass is 16.6. The first-order chi connectivity index (χ1) is 9.94. The Kier molecular flexibility index (Phi) is 4.70. The van der Waals surface area contributed by atoms with Crippen LogP contribution >= 0.6 is 0 Å². The molecule has 0 aliphatic rings. The van der Waals surface area contributed by atoms with Gasteiger partial charge in [0, 0.05) is 6.54 Å². The van der Waals surface area contributed by atoms with E-state index in [1.807, 2.05) is 51.1 Å². The van der Waals surface area contributed by atoms with Crippen LogP contribution in [0.2, 0.25) is 0 Å². The van der Waals surface area contributed by atoms with Crippen molar-refractivity contribution in [3.05, 3.63) is 42.2 Å². The van der Waals surface area contributed by atoms with Gasteiger partial charge >= 0.3 is 5.97 Å². The second kappa shape index (κ2) is 6.49. The maximum atomic E-state index is 11.5. The van der Waals surface area contributed by atoms with E-state index in [2.05, 4.69) is 15.5 Å². The van der Waals surface area contributed by atoms with Crippen LogP contribution < -0.4 is 5.32 Å². The Labute approximate surface area is 124 Å². The van der Waals surface area contributed by atoms with Gasteiger partial charge in [-0.2, -0.15) is 15.0 Å². The van der Waals surface area contributed by atoms with E-state index in [1.54, 1.807) is 11.0 Å². The molecule has 0 saturated heterocycles. The third kappa shape index (κ3) is 5.00. The predicted molar refractivity (Wildman–Crippen MR) is 78.9 cm³/mol. The predicted octanol–water partition coefficient (Wildman–Crippen LogP) is 1.70. The van der Waals surface area contributed by atoms with Crippen LogP contribution in [0.1, 0.15) is 26.5 Å². The number of aromatic nitrogens is 3. The van der Waals surface area contributed by atoms with Crippen LogP contribution in [0.5, 0.6) is 0 Å². The first kappa shape index (κ1) is 15.2. The molecule has 2 aromatic rings. The number of hydrogen-bond acceptors (Lipinski definition) is 5. The number of esters is 1. The molecule has 0 spiro atoms. The fraction of sp³-hybridized carbons (Fsp3) is 0.400. The molecule has 21 heavy (non-hydrogen) atoms. The van der Waals surface area contributed by atoms with E-state index >= 15 is 0 Å². The highest BCUT2D eigenvalue weighted by Crippen LogP contribution is 2.06. The SMILES string of the molecule is CC(C)(C)OC(=O)CNCc1cnn(-c2ccccc2)n1. The number of para-hydroxylation sites is 1. The monoisotopic (exact) mass is 288 g/mol. The normalized spacial score (nSPS) is 11.4. The second-order valence-corrected chi connectivity index (χ2v) is 5.65. The zero-order valence-electron chi connectivity index (χ0n) is 12.5. The molecule has 0 amide bonds. The average molecular weight is 288 g/mol. The maximum absolute atomic E-state index is 11.5. The highest BCUT2D eigenvalue weighted by Gasteiger charge is 2.15. The molecule has 2 rings (SSSR count). The van der Waals surface area contributed by atoms with Gasteiger partial charge in [-0.25, -0.2) is 0 Å². The number of benzene rings is 1. The fourth-order valence-corrected chi connectivity index (χ4v) is 1.73. The van der Waals surface area contributed by atoms with Crippen LogP contribution in [0.25, 0.3) is 5.69 Å². The van der Waals surface area contributed by atoms with Gasteiger partial charge in [-0.3, -0.25) is 4.79 Å². The lowest BCUT2D eigenvalue weighted by molar-refractivity contribution is -0.153. The maximum Gasteiger partial charge on any atom is 0.320 e. The Hall–Kier alpha value is -2.21. The number of ether oxygens (including phenoxy) is 1. The quantitative estimate of drug-likeness (QED) is 0.848. The molecule has 1 aromatic carbocycles. The largest absolute Gasteiger partial charge is 0.459 e. The van der Waals surface area contributed by atoms with Crippen molar-refractivity contribution < 1.29 is 9.53 Å². The summed E-state index contributed by atoms with van der Waals surface area (Å²) in [6.45, 7) is 6.14. The minimum absolute atomic E-state index is 0.148. The number of carbonyl (C=O) groups excluding carboxylic acids is 1. The zero-order chi connectivity index (χ0) is 15.3. The highest BCUT2D eigenvalue weighted by molar-refractivity contribution is 5.72. The second-order valence-electron chi connectivity index (χ2n) is 5.65. The lowest BCUT2D eigenvalue weighted by Gasteiger charge is -2.19. The first-order valence-corrected chi connectivity index (χ1v) is 6.83. The van der Waals surface area contributed by atoms with Gasteiger partial charge in [0.25, 0.3) is 0 Å². The molecule has 6 nitrogen and oxygen atoms in total. The average Bonchev–Trinajstić information content (AvgIpc) is 2.86. The Morgan fingerprint density at radius 2 is 2.00 bits per heavy atom. The molecule has 0 aliphatic carbocycles. The zero-order valence-corrected chi connectivity index (χ0v) is 12.5. The van der Waals surface area contributed by atoms with Crippen LogP contribution in [-0.4, -0.2) is 33.1 Å². The standard InChI is InChI=1S/C15H20N4O2/c1-15(2,3)21-14(20)11-16-9-12-10-17-19(18-12)13-7-5-4-6-8-13/h4-8,10,16H,9,11H2,1-3H3. The lowest BCUT2D eigenvalue weighted by Crippen LogP contribution is -2.31. The summed E-state index contributed by atoms with van der Waals surface area (Å²) in [6.07, 6.45) is 1.68. The minimum Gasteiger partial charge on any atom is -0.459 e. The lowest BCUT2D eigenvalue weighted by atomic mass is 10.2. The molecule has 0 radical (unpaired) electrons. The number of nitrogens with one attached hydrogen (secondary N) is 1. The molecule has 1 aromatic heterocycles. The van der Waals surface area contributed by atoms with Gasteiger partial charge < -0.3 is 10.1 Å². The van der Waals surface area contributed by atoms with Crippen molar-refractivity contribution in [3.63, 3.8) is 0 Å². The van der Waals surface area contributed by atoms with E-state index in [0.29, 0.717) is 6.54 Å². The van der Waals surface area contributed by atoms with Gasteiger partial charge in [0.05, 0.1) is 24.1 Å². The smallest absolute Gasteiger partial charge is 0.320 e. The summed E-state index contributed by atoms with van der Waals surface area (Å²) in [4.78, 5) is 13.1. The summed E-state index contributed by atoms with van der Waals surface area (Å²) in [5.74, 6) is -0.280. The van der Waals surface area contributed by atoms with Crippen LogP contribution in [0, 0.1) is 0 Å². The van der Waals surface area contributed by atoms with Gasteiger partial charge in [0.15, 0.2) is 0 Å². The van der Waals surface area contributed by atoms with Crippen molar-refractivity contribution in [1.29, 1.82) is 0 Å². The van der Waals surface area contributed by atoms with Crippen molar-refractivity contribution in [2.75, 3.05) is 6.54 Å². The Balaban J connectivity index is 1.83. The number of hydrogen-bond donors (Lipinski definition) is 1. The van der Waals surface area contributed by atoms with Crippen molar-refractivity contribution in [1.82, 2.24) is 20.3 Å². The molecule has 0 atom stereocenters. The third-order valence-electron chi connectivity index (χ3n) is 2.52. The summed E-state index contributed by atoms with van der Waals surface area (Å²) in [6, 6.07) is 9.66. The summed E-state index contributed by atoms with van der Waals surface area (Å²) in [5, 5.41) is 11.5. The number of carbonyl (C=O) groups is 1. The van der Waals surface area contributed by atoms with Crippen molar-refractivity contribution in [2.24, 2.45) is 0 Å². The first-order valence-electron chi connectivity index (χ1n) is 6.83. The van der Waals surface area contributed by atoms with Crippen molar-refractivity contribution in [3.8, 4) is 5.69 Å².